The first-order valence-electron chi connectivity index (χ1n) is 22.8. The lowest BCUT2D eigenvalue weighted by Crippen LogP contribution is -2.45. The van der Waals surface area contributed by atoms with Crippen molar-refractivity contribution in [3.63, 3.8) is 0 Å². The van der Waals surface area contributed by atoms with Crippen molar-refractivity contribution in [2.24, 2.45) is 0 Å². The topological polar surface area (TPSA) is 115 Å². The average Bonchev–Trinajstić information content (AvgIpc) is 3.30. The number of anilines is 1. The number of unbranched alkanes of at least 4 members (excludes halogenated alkanes) is 3. The van der Waals surface area contributed by atoms with E-state index in [0.29, 0.717) is 45.7 Å². The molecule has 0 bridgehead atoms. The van der Waals surface area contributed by atoms with Crippen molar-refractivity contribution >= 4 is 56.0 Å². The maximum absolute atomic E-state index is 13.6. The Morgan fingerprint density at radius 1 is 0.708 bits per heavy atom. The zero-order valence-electron chi connectivity index (χ0n) is 38.2. The number of rotatable bonds is 18. The second kappa shape index (κ2) is 21.0. The van der Waals surface area contributed by atoms with Crippen molar-refractivity contribution in [3.05, 3.63) is 157 Å². The van der Waals surface area contributed by atoms with Crippen molar-refractivity contribution in [1.82, 2.24) is 10.0 Å². The predicted octanol–water partition coefficient (Wildman–Crippen LogP) is 10.5. The summed E-state index contributed by atoms with van der Waals surface area (Å²) in [7, 11) is -6.93. The quantitative estimate of drug-likeness (QED) is 0.0228. The molecule has 2 aliphatic rings. The summed E-state index contributed by atoms with van der Waals surface area (Å²) in [5.74, 6) is 0.549. The third kappa shape index (κ3) is 11.2. The highest BCUT2D eigenvalue weighted by molar-refractivity contribution is 7.95. The van der Waals surface area contributed by atoms with Gasteiger partial charge in [0.2, 0.25) is 5.36 Å². The Labute approximate surface area is 385 Å². The normalized spacial score (nSPS) is 12.0. The maximum atomic E-state index is 13.6. The van der Waals surface area contributed by atoms with E-state index in [9.17, 15) is 17.8 Å². The summed E-state index contributed by atoms with van der Waals surface area (Å²) in [6.07, 6.45) is 6.08. The van der Waals surface area contributed by atoms with E-state index < -0.39 is 29.1 Å². The Balaban J connectivity index is 1.33. The van der Waals surface area contributed by atoms with E-state index in [0.717, 1.165) is 63.1 Å². The number of carbonyl (C=O) groups is 1. The minimum absolute atomic E-state index is 0.299. The molecule has 0 unspecified atom stereocenters. The van der Waals surface area contributed by atoms with Gasteiger partial charge in [-0.3, -0.25) is 5.01 Å². The molecule has 0 saturated heterocycles. The largest absolute Gasteiger partial charge is 0.744 e. The second-order valence-corrected chi connectivity index (χ2v) is 22.5. The zero-order valence-corrected chi connectivity index (χ0v) is 39.9. The number of hydrogen-bond acceptors (Lipinski definition) is 7. The molecule has 0 radical (unpaired) electrons. The smallest absolute Gasteiger partial charge is 0.426 e. The van der Waals surface area contributed by atoms with Crippen molar-refractivity contribution in [2.75, 3.05) is 30.8 Å². The van der Waals surface area contributed by atoms with Crippen molar-refractivity contribution in [1.29, 1.82) is 0 Å². The van der Waals surface area contributed by atoms with Crippen LogP contribution < -0.4 is 36.3 Å². The molecule has 1 aliphatic heterocycles. The number of ether oxygens (including phenoxy) is 1. The van der Waals surface area contributed by atoms with Crippen molar-refractivity contribution in [3.8, 4) is 22.5 Å². The summed E-state index contributed by atoms with van der Waals surface area (Å²) in [6.45, 7) is 12.1. The Hall–Kier alpha value is -5.80. The summed E-state index contributed by atoms with van der Waals surface area (Å²) >= 11 is 0. The van der Waals surface area contributed by atoms with E-state index in [1.807, 2.05) is 56.1 Å². The number of benzene rings is 6. The molecule has 338 valence electrons. The van der Waals surface area contributed by atoms with E-state index >= 15 is 0 Å². The fourth-order valence-electron chi connectivity index (χ4n) is 8.64. The number of hydrazine groups is 1. The van der Waals surface area contributed by atoms with Crippen LogP contribution in [-0.2, 0) is 14.9 Å². The van der Waals surface area contributed by atoms with Crippen LogP contribution in [0, 0.1) is 0 Å². The Morgan fingerprint density at radius 2 is 1.28 bits per heavy atom. The fraction of sp³-hybridized carbons (Fsp3) is 0.296. The van der Waals surface area contributed by atoms with Crippen LogP contribution in [0.4, 0.5) is 10.5 Å². The van der Waals surface area contributed by atoms with Gasteiger partial charge in [-0.1, -0.05) is 99.5 Å². The van der Waals surface area contributed by atoms with Gasteiger partial charge in [0, 0.05) is 53.6 Å². The van der Waals surface area contributed by atoms with Gasteiger partial charge in [-0.25, -0.2) is 23.2 Å². The van der Waals surface area contributed by atoms with E-state index in [-0.39, 0.29) is 4.90 Å². The predicted molar refractivity (Wildman–Crippen MR) is 267 cm³/mol. The minimum atomic E-state index is -4.84. The monoisotopic (exact) mass is 910 g/mol. The van der Waals surface area contributed by atoms with Gasteiger partial charge in [-0.2, -0.15) is 0 Å². The lowest BCUT2D eigenvalue weighted by Gasteiger charge is -2.30. The highest BCUT2D eigenvalue weighted by Gasteiger charge is 2.44. The van der Waals surface area contributed by atoms with Crippen LogP contribution in [0.1, 0.15) is 73.1 Å². The summed E-state index contributed by atoms with van der Waals surface area (Å²) in [6, 6.07) is 50.4. The molecule has 5 aromatic carbocycles. The van der Waals surface area contributed by atoms with E-state index in [1.165, 1.54) is 22.0 Å². The molecular weight excluding hydrogens is 850 g/mol. The summed E-state index contributed by atoms with van der Waals surface area (Å²) in [5, 5.41) is 7.38. The molecule has 1 amide bonds. The molecule has 5 aromatic rings. The average molecular weight is 911 g/mol. The summed E-state index contributed by atoms with van der Waals surface area (Å²) < 4.78 is 53.3. The van der Waals surface area contributed by atoms with Crippen molar-refractivity contribution in [2.45, 2.75) is 83.6 Å². The van der Waals surface area contributed by atoms with E-state index in [1.54, 1.807) is 18.2 Å². The Morgan fingerprint density at radius 3 is 1.83 bits per heavy atom. The first-order chi connectivity index (χ1) is 31.3. The van der Waals surface area contributed by atoms with Crippen LogP contribution in [0.3, 0.4) is 0 Å². The van der Waals surface area contributed by atoms with Gasteiger partial charge in [0.25, 0.3) is 0 Å². The molecular formula is C54H61N3O6PS+. The lowest BCUT2D eigenvalue weighted by molar-refractivity contribution is 0.0520. The molecule has 7 rings (SSSR count). The standard InChI is InChI=1S/C54H60N3O6PS/c1-6-8-35-56(36-9-7-2)41-31-33-46-49(39-41)62-50-40-42(32-34-47(50)52(46)48-29-19-20-30-51(48)65(59,60)61)57(55-53(58)63-54(3,4)5)37-21-22-38-64(43-23-13-10-14-24-43,44-25-15-11-16-26-44)45-27-17-12-18-28-45/h10-20,23-34,39-40H,6-9,21-22,35-38H2,1-5H3/p+1. The van der Waals surface area contributed by atoms with Gasteiger partial charge in [-0.15, -0.1) is 0 Å². The minimum Gasteiger partial charge on any atom is -0.744 e. The SMILES string of the molecule is CCCC[N+](CCCC)=c1ccc2c(-c3ccccc3S(=O)(=O)[O-])c3ccc(N(CCCC[P+](c4ccccc4)(c4ccccc4)c4ccccc4)NC(=O)OC(C)(C)C)cc3oc-2c1. The molecule has 11 heteroatoms. The highest BCUT2D eigenvalue weighted by atomic mass is 32.2. The van der Waals surface area contributed by atoms with Gasteiger partial charge in [0.15, 0.2) is 0 Å². The van der Waals surface area contributed by atoms with Gasteiger partial charge in [0.05, 0.1) is 22.8 Å². The molecule has 1 heterocycles. The molecule has 0 saturated carbocycles. The molecule has 1 aliphatic carbocycles. The number of fused-ring (bicyclic) bond motifs is 2. The van der Waals surface area contributed by atoms with Crippen LogP contribution in [0.5, 0.6) is 0 Å². The van der Waals surface area contributed by atoms with Gasteiger partial charge >= 0.3 is 6.09 Å². The van der Waals surface area contributed by atoms with Crippen LogP contribution in [0.15, 0.2) is 161 Å². The van der Waals surface area contributed by atoms with Crippen molar-refractivity contribution < 1.29 is 26.9 Å². The third-order valence-electron chi connectivity index (χ3n) is 11.7. The van der Waals surface area contributed by atoms with E-state index in [2.05, 4.69) is 121 Å². The fourth-order valence-corrected chi connectivity index (χ4v) is 13.7. The number of amides is 1. The Kier molecular flexibility index (Phi) is 15.2. The zero-order chi connectivity index (χ0) is 46.0. The molecule has 0 fully saturated rings. The van der Waals surface area contributed by atoms with Crippen LogP contribution in [-0.4, -0.2) is 50.5 Å². The van der Waals surface area contributed by atoms with Gasteiger partial charge < -0.3 is 13.7 Å². The molecule has 0 spiro atoms. The van der Waals surface area contributed by atoms with Gasteiger partial charge in [-0.05, 0) is 94.3 Å². The molecule has 0 aromatic heterocycles. The highest BCUT2D eigenvalue weighted by Crippen LogP contribution is 2.56. The van der Waals surface area contributed by atoms with Crippen LogP contribution in [0.25, 0.3) is 33.4 Å². The number of hydrogen-bond donors (Lipinski definition) is 1. The van der Waals surface area contributed by atoms with E-state index in [4.69, 9.17) is 9.15 Å². The molecule has 1 N–H and O–H groups in total. The number of nitrogens with zero attached hydrogens (tertiary/aromatic N) is 2. The molecule has 9 nitrogen and oxygen atoms in total. The first-order valence-corrected chi connectivity index (χ1v) is 26.2. The lowest BCUT2D eigenvalue weighted by atomic mass is 9.93. The first kappa shape index (κ1) is 47.2. The summed E-state index contributed by atoms with van der Waals surface area (Å²) in [4.78, 5) is 13.3. The second-order valence-electron chi connectivity index (χ2n) is 17.5. The molecule has 65 heavy (non-hydrogen) atoms. The van der Waals surface area contributed by atoms with Crippen LogP contribution >= 0.6 is 7.26 Å². The Bertz CT molecular complexity index is 2740. The number of carbonyl (C=O) groups excluding carboxylic acids is 1. The summed E-state index contributed by atoms with van der Waals surface area (Å²) in [5.41, 5.74) is 4.98. The molecule has 0 atom stereocenters. The number of nitrogens with one attached hydrogen (secondary N) is 1. The van der Waals surface area contributed by atoms with Crippen LogP contribution in [0.2, 0.25) is 0 Å². The third-order valence-corrected chi connectivity index (χ3v) is 17.1. The maximum Gasteiger partial charge on any atom is 0.426 e. The van der Waals surface area contributed by atoms with Gasteiger partial charge in [0.1, 0.15) is 63.3 Å².